The van der Waals surface area contributed by atoms with Crippen molar-refractivity contribution in [3.63, 3.8) is 0 Å². The Labute approximate surface area is 98.6 Å². The van der Waals surface area contributed by atoms with Gasteiger partial charge < -0.3 is 16.0 Å². The van der Waals surface area contributed by atoms with Gasteiger partial charge in [0.15, 0.2) is 0 Å². The molecule has 1 aliphatic heterocycles. The number of piperidine rings is 1. The molecule has 16 heavy (non-hydrogen) atoms. The Morgan fingerprint density at radius 2 is 2.12 bits per heavy atom. The topological polar surface area (TPSA) is 58.4 Å². The van der Waals surface area contributed by atoms with E-state index in [1.54, 1.807) is 0 Å². The van der Waals surface area contributed by atoms with Gasteiger partial charge in [-0.1, -0.05) is 6.92 Å². The van der Waals surface area contributed by atoms with E-state index in [2.05, 4.69) is 17.3 Å². The summed E-state index contributed by atoms with van der Waals surface area (Å²) in [6, 6.07) is 0.0116. The van der Waals surface area contributed by atoms with Crippen LogP contribution in [0.15, 0.2) is 0 Å². The molecule has 1 unspecified atom stereocenters. The van der Waals surface area contributed by atoms with Crippen LogP contribution < -0.4 is 11.1 Å². The van der Waals surface area contributed by atoms with Gasteiger partial charge in [-0.3, -0.25) is 4.79 Å². The van der Waals surface area contributed by atoms with E-state index in [0.717, 1.165) is 26.1 Å². The molecule has 0 aromatic rings. The van der Waals surface area contributed by atoms with E-state index in [1.165, 1.54) is 12.8 Å². The average Bonchev–Trinajstić information content (AvgIpc) is 2.28. The highest BCUT2D eigenvalue weighted by atomic mass is 16.1. The number of rotatable bonds is 5. The van der Waals surface area contributed by atoms with Gasteiger partial charge in [0, 0.05) is 19.0 Å². The number of hydrogen-bond acceptors (Lipinski definition) is 3. The van der Waals surface area contributed by atoms with Crippen LogP contribution in [0.4, 0.5) is 0 Å². The van der Waals surface area contributed by atoms with Crippen LogP contribution in [0.3, 0.4) is 0 Å². The zero-order valence-electron chi connectivity index (χ0n) is 10.5. The molecule has 1 saturated heterocycles. The zero-order valence-corrected chi connectivity index (χ0v) is 10.5. The van der Waals surface area contributed by atoms with Crippen LogP contribution in [0.1, 0.15) is 32.6 Å². The summed E-state index contributed by atoms with van der Waals surface area (Å²) in [6.07, 6.45) is 3.71. The molecule has 0 aromatic carbocycles. The molecule has 0 saturated carbocycles. The number of hydrogen-bond donors (Lipinski definition) is 2. The van der Waals surface area contributed by atoms with Crippen LogP contribution >= 0.6 is 0 Å². The van der Waals surface area contributed by atoms with Crippen LogP contribution in [0, 0.1) is 5.92 Å². The van der Waals surface area contributed by atoms with Crippen LogP contribution in [-0.2, 0) is 4.79 Å². The lowest BCUT2D eigenvalue weighted by atomic mass is 9.97. The minimum atomic E-state index is 0.0116. The molecule has 1 rings (SSSR count). The van der Waals surface area contributed by atoms with Crippen LogP contribution in [-0.4, -0.2) is 43.5 Å². The summed E-state index contributed by atoms with van der Waals surface area (Å²) in [4.78, 5) is 13.9. The van der Waals surface area contributed by atoms with Gasteiger partial charge in [-0.15, -0.1) is 0 Å². The third-order valence-electron chi connectivity index (χ3n) is 3.40. The molecule has 3 N–H and O–H groups in total. The van der Waals surface area contributed by atoms with Crippen molar-refractivity contribution >= 4 is 5.91 Å². The minimum absolute atomic E-state index is 0.0116. The van der Waals surface area contributed by atoms with E-state index in [-0.39, 0.29) is 11.9 Å². The van der Waals surface area contributed by atoms with E-state index in [1.807, 2.05) is 6.92 Å². The molecule has 1 heterocycles. The molecule has 0 aliphatic carbocycles. The summed E-state index contributed by atoms with van der Waals surface area (Å²) < 4.78 is 0. The predicted molar refractivity (Wildman–Crippen MR) is 66.1 cm³/mol. The van der Waals surface area contributed by atoms with Gasteiger partial charge in [0.25, 0.3) is 0 Å². The summed E-state index contributed by atoms with van der Waals surface area (Å²) in [5.74, 6) is 0.756. The fourth-order valence-corrected chi connectivity index (χ4v) is 1.98. The number of carbonyl (C=O) groups excluding carboxylic acids is 1. The summed E-state index contributed by atoms with van der Waals surface area (Å²) in [7, 11) is 2.15. The molecule has 94 valence electrons. The first-order valence-corrected chi connectivity index (χ1v) is 6.32. The van der Waals surface area contributed by atoms with Gasteiger partial charge in [0.05, 0.1) is 0 Å². The van der Waals surface area contributed by atoms with Gasteiger partial charge in [0.1, 0.15) is 0 Å². The van der Waals surface area contributed by atoms with Gasteiger partial charge in [-0.2, -0.15) is 0 Å². The fraction of sp³-hybridized carbons (Fsp3) is 0.917. The second-order valence-electron chi connectivity index (χ2n) is 4.92. The SMILES string of the molecule is CCC(N)CC(=O)NCC1CCN(C)CC1. The van der Waals surface area contributed by atoms with Crippen molar-refractivity contribution in [1.29, 1.82) is 0 Å². The standard InChI is InChI=1S/C12H25N3O/c1-3-11(13)8-12(16)14-9-10-4-6-15(2)7-5-10/h10-11H,3-9,13H2,1-2H3,(H,14,16). The number of carbonyl (C=O) groups is 1. The van der Waals surface area contributed by atoms with Crippen molar-refractivity contribution in [3.8, 4) is 0 Å². The molecule has 4 nitrogen and oxygen atoms in total. The molecular formula is C12H25N3O. The highest BCUT2D eigenvalue weighted by Crippen LogP contribution is 2.14. The first-order valence-electron chi connectivity index (χ1n) is 6.32. The van der Waals surface area contributed by atoms with Crippen molar-refractivity contribution < 1.29 is 4.79 Å². The molecule has 0 radical (unpaired) electrons. The van der Waals surface area contributed by atoms with E-state index < -0.39 is 0 Å². The molecule has 1 aliphatic rings. The van der Waals surface area contributed by atoms with Gasteiger partial charge in [0.2, 0.25) is 5.91 Å². The van der Waals surface area contributed by atoms with Gasteiger partial charge in [-0.05, 0) is 45.3 Å². The number of amides is 1. The smallest absolute Gasteiger partial charge is 0.221 e. The summed E-state index contributed by atoms with van der Waals surface area (Å²) >= 11 is 0. The molecule has 1 atom stereocenters. The Morgan fingerprint density at radius 3 is 2.69 bits per heavy atom. The van der Waals surface area contributed by atoms with Crippen molar-refractivity contribution in [2.24, 2.45) is 11.7 Å². The largest absolute Gasteiger partial charge is 0.356 e. The molecule has 0 bridgehead atoms. The van der Waals surface area contributed by atoms with Crippen LogP contribution in [0.5, 0.6) is 0 Å². The highest BCUT2D eigenvalue weighted by Gasteiger charge is 2.17. The normalized spacial score (nSPS) is 20.7. The molecule has 4 heteroatoms. The zero-order chi connectivity index (χ0) is 12.0. The summed E-state index contributed by atoms with van der Waals surface area (Å²) in [5, 5.41) is 2.99. The summed E-state index contributed by atoms with van der Waals surface area (Å²) in [5.41, 5.74) is 5.73. The van der Waals surface area contributed by atoms with E-state index in [0.29, 0.717) is 12.3 Å². The molecule has 1 amide bonds. The van der Waals surface area contributed by atoms with Gasteiger partial charge >= 0.3 is 0 Å². The van der Waals surface area contributed by atoms with Crippen LogP contribution in [0.25, 0.3) is 0 Å². The predicted octanol–water partition coefficient (Wildman–Crippen LogP) is 0.572. The second kappa shape index (κ2) is 6.86. The third-order valence-corrected chi connectivity index (χ3v) is 3.40. The Morgan fingerprint density at radius 1 is 1.50 bits per heavy atom. The number of likely N-dealkylation sites (tertiary alicyclic amines) is 1. The maximum Gasteiger partial charge on any atom is 0.221 e. The maximum absolute atomic E-state index is 11.5. The van der Waals surface area contributed by atoms with Crippen molar-refractivity contribution in [3.05, 3.63) is 0 Å². The Balaban J connectivity index is 2.12. The highest BCUT2D eigenvalue weighted by molar-refractivity contribution is 5.76. The molecule has 0 spiro atoms. The Bertz CT molecular complexity index is 212. The number of nitrogens with zero attached hydrogens (tertiary/aromatic N) is 1. The molecular weight excluding hydrogens is 202 g/mol. The molecule has 1 fully saturated rings. The van der Waals surface area contributed by atoms with E-state index >= 15 is 0 Å². The van der Waals surface area contributed by atoms with Crippen molar-refractivity contribution in [2.75, 3.05) is 26.7 Å². The first-order chi connectivity index (χ1) is 7.61. The van der Waals surface area contributed by atoms with Crippen LogP contribution in [0.2, 0.25) is 0 Å². The van der Waals surface area contributed by atoms with Crippen molar-refractivity contribution in [2.45, 2.75) is 38.6 Å². The minimum Gasteiger partial charge on any atom is -0.356 e. The molecule has 0 aromatic heterocycles. The quantitative estimate of drug-likeness (QED) is 0.722. The lowest BCUT2D eigenvalue weighted by Crippen LogP contribution is -2.38. The van der Waals surface area contributed by atoms with Crippen molar-refractivity contribution in [1.82, 2.24) is 10.2 Å². The summed E-state index contributed by atoms with van der Waals surface area (Å²) in [6.45, 7) is 5.13. The Kier molecular flexibility index (Phi) is 5.77. The number of nitrogens with two attached hydrogens (primary N) is 1. The van der Waals surface area contributed by atoms with Gasteiger partial charge in [-0.25, -0.2) is 0 Å². The second-order valence-corrected chi connectivity index (χ2v) is 4.92. The lowest BCUT2D eigenvalue weighted by Gasteiger charge is -2.29. The monoisotopic (exact) mass is 227 g/mol. The third kappa shape index (κ3) is 4.94. The maximum atomic E-state index is 11.5. The fourth-order valence-electron chi connectivity index (χ4n) is 1.98. The van der Waals surface area contributed by atoms with E-state index in [9.17, 15) is 4.79 Å². The van der Waals surface area contributed by atoms with E-state index in [4.69, 9.17) is 5.73 Å². The number of nitrogens with one attached hydrogen (secondary N) is 1. The average molecular weight is 227 g/mol. The Hall–Kier alpha value is -0.610. The first kappa shape index (κ1) is 13.5. The lowest BCUT2D eigenvalue weighted by molar-refractivity contribution is -0.121.